The molecule has 8 rings (SSSR count). The number of carbonyl (C=O) groups excluding carboxylic acids is 4. The van der Waals surface area contributed by atoms with Gasteiger partial charge in [0, 0.05) is 30.9 Å². The van der Waals surface area contributed by atoms with Gasteiger partial charge in [-0.2, -0.15) is 27.8 Å². The lowest BCUT2D eigenvalue weighted by Crippen LogP contribution is -2.56. The lowest BCUT2D eigenvalue weighted by atomic mass is 10.0. The van der Waals surface area contributed by atoms with Gasteiger partial charge in [0.05, 0.1) is 24.4 Å². The molecule has 3 fully saturated rings. The van der Waals surface area contributed by atoms with E-state index in [-0.39, 0.29) is 37.2 Å². The van der Waals surface area contributed by atoms with Crippen molar-refractivity contribution in [2.75, 3.05) is 13.2 Å². The molecule has 2 N–H and O–H groups in total. The number of nitrogens with zero attached hydrogens (tertiary/aromatic N) is 3. The Morgan fingerprint density at radius 1 is 0.931 bits per heavy atom. The van der Waals surface area contributed by atoms with E-state index in [4.69, 9.17) is 9.47 Å². The number of nitrogens with one attached hydrogen (secondary N) is 2. The quantitative estimate of drug-likeness (QED) is 0.135. The molecule has 3 amide bonds. The average Bonchev–Trinajstić information content (AvgIpc) is 3.92. The third-order valence-corrected chi connectivity index (χ3v) is 13.3. The van der Waals surface area contributed by atoms with E-state index in [2.05, 4.69) is 21.8 Å². The van der Waals surface area contributed by atoms with Gasteiger partial charge in [0.1, 0.15) is 23.7 Å². The second-order valence-corrected chi connectivity index (χ2v) is 17.4. The molecule has 2 saturated carbocycles. The fourth-order valence-corrected chi connectivity index (χ4v) is 9.96. The first-order valence-electron chi connectivity index (χ1n) is 20.4. The van der Waals surface area contributed by atoms with E-state index in [1.54, 1.807) is 6.20 Å². The molecule has 12 nitrogen and oxygen atoms in total. The molecule has 2 aliphatic carbocycles. The van der Waals surface area contributed by atoms with Crippen molar-refractivity contribution in [3.05, 3.63) is 98.3 Å². The third kappa shape index (κ3) is 8.68. The zero-order valence-electron chi connectivity index (χ0n) is 32.4. The maximum absolute atomic E-state index is 14.8. The van der Waals surface area contributed by atoms with Crippen LogP contribution in [0.25, 0.3) is 22.3 Å². The van der Waals surface area contributed by atoms with E-state index < -0.39 is 47.5 Å². The summed E-state index contributed by atoms with van der Waals surface area (Å²) >= 11 is 3.01. The predicted octanol–water partition coefficient (Wildman–Crippen LogP) is 7.06. The van der Waals surface area contributed by atoms with Crippen LogP contribution in [-0.4, -0.2) is 75.4 Å². The summed E-state index contributed by atoms with van der Waals surface area (Å²) in [7, 11) is 0. The third-order valence-electron chi connectivity index (χ3n) is 11.9. The number of ether oxygens (including phenoxy) is 2. The van der Waals surface area contributed by atoms with Crippen molar-refractivity contribution < 1.29 is 28.7 Å². The SMILES string of the molecule is O=C(N[C@H]1CCCCC/C=C\C2C[C@@]2(C(=O)OCCc2ccccc2)NC(=O)[C@@H]2C[C@@H](n3ncc(-c4ccsc4)c(-c4ccsc4)c3=O)CN2C1=O)OC1CCCC1. The Morgan fingerprint density at radius 2 is 1.69 bits per heavy atom. The van der Waals surface area contributed by atoms with Gasteiger partial charge in [-0.1, -0.05) is 55.3 Å². The first kappa shape index (κ1) is 39.7. The maximum atomic E-state index is 14.8. The molecule has 0 spiro atoms. The van der Waals surface area contributed by atoms with Crippen LogP contribution < -0.4 is 16.2 Å². The summed E-state index contributed by atoms with van der Waals surface area (Å²) in [6.07, 6.45) is 12.9. The van der Waals surface area contributed by atoms with Crippen molar-refractivity contribution in [2.24, 2.45) is 5.92 Å². The molecular formula is C44H49N5O7S2. The van der Waals surface area contributed by atoms with Crippen LogP contribution in [0.1, 0.15) is 82.2 Å². The molecule has 4 aromatic rings. The van der Waals surface area contributed by atoms with Gasteiger partial charge in [0.25, 0.3) is 5.56 Å². The van der Waals surface area contributed by atoms with E-state index in [9.17, 15) is 24.0 Å². The van der Waals surface area contributed by atoms with Crippen LogP contribution >= 0.6 is 22.7 Å². The van der Waals surface area contributed by atoms with Crippen molar-refractivity contribution in [1.29, 1.82) is 0 Å². The van der Waals surface area contributed by atoms with Crippen LogP contribution in [0.3, 0.4) is 0 Å². The predicted molar refractivity (Wildman–Crippen MR) is 222 cm³/mol. The van der Waals surface area contributed by atoms with Crippen molar-refractivity contribution in [3.8, 4) is 22.3 Å². The highest BCUT2D eigenvalue weighted by molar-refractivity contribution is 7.08. The van der Waals surface area contributed by atoms with Crippen molar-refractivity contribution in [1.82, 2.24) is 25.3 Å². The normalized spacial score (nSPS) is 25.8. The molecule has 0 radical (unpaired) electrons. The molecule has 1 unspecified atom stereocenters. The van der Waals surface area contributed by atoms with Crippen molar-refractivity contribution >= 4 is 46.6 Å². The molecule has 5 heterocycles. The van der Waals surface area contributed by atoms with Crippen LogP contribution in [0, 0.1) is 5.92 Å². The molecule has 14 heteroatoms. The summed E-state index contributed by atoms with van der Waals surface area (Å²) < 4.78 is 12.9. The van der Waals surface area contributed by atoms with Gasteiger partial charge in [-0.3, -0.25) is 14.4 Å². The highest BCUT2D eigenvalue weighted by Crippen LogP contribution is 2.46. The van der Waals surface area contributed by atoms with Crippen LogP contribution in [0.4, 0.5) is 4.79 Å². The Morgan fingerprint density at radius 3 is 2.45 bits per heavy atom. The van der Waals surface area contributed by atoms with Gasteiger partial charge in [0.2, 0.25) is 11.8 Å². The zero-order valence-corrected chi connectivity index (χ0v) is 34.0. The summed E-state index contributed by atoms with van der Waals surface area (Å²) in [6, 6.07) is 10.9. The first-order chi connectivity index (χ1) is 28.3. The molecule has 4 aliphatic rings. The molecule has 1 saturated heterocycles. The largest absolute Gasteiger partial charge is 0.464 e. The number of hydrogen-bond donors (Lipinski definition) is 2. The molecule has 2 aliphatic heterocycles. The Hall–Kier alpha value is -5.08. The number of alkyl carbamates (subject to hydrolysis) is 1. The molecule has 304 valence electrons. The van der Waals surface area contributed by atoms with E-state index in [1.807, 2.05) is 70.1 Å². The highest BCUT2D eigenvalue weighted by atomic mass is 32.1. The summed E-state index contributed by atoms with van der Waals surface area (Å²) in [4.78, 5) is 72.5. The Kier molecular flexibility index (Phi) is 12.2. The van der Waals surface area contributed by atoms with Gasteiger partial charge in [0.15, 0.2) is 0 Å². The number of thiophene rings is 2. The van der Waals surface area contributed by atoms with Crippen LogP contribution in [-0.2, 0) is 30.3 Å². The standard InChI is InChI=1S/C44H49N5O7S2/c50-39-37-23-33(49-41(52)38(31-19-22-58-28-31)35(25-45-49)30-18-21-57-27-30)26-48(37)40(51)36(46-43(54)56-34-14-9-10-15-34)16-8-3-1-2-7-13-32-24-44(32,47-39)42(53)55-20-17-29-11-5-4-6-12-29/h4-7,11-13,18-19,21-22,25,27-28,32-34,36-37H,1-3,8-10,14-17,20,23-24,26H2,(H,46,54)(H,47,50)/b13-7-/t32?,33-,36+,37+,44-/m1/s1. The number of allylic oxidation sites excluding steroid dienone is 1. The van der Waals surface area contributed by atoms with E-state index in [0.29, 0.717) is 36.8 Å². The topological polar surface area (TPSA) is 149 Å². The van der Waals surface area contributed by atoms with Gasteiger partial charge < -0.3 is 25.0 Å². The van der Waals surface area contributed by atoms with E-state index >= 15 is 0 Å². The lowest BCUT2D eigenvalue weighted by Gasteiger charge is -2.30. The van der Waals surface area contributed by atoms with Gasteiger partial charge in [-0.25, -0.2) is 14.3 Å². The molecule has 1 aromatic carbocycles. The van der Waals surface area contributed by atoms with Gasteiger partial charge in [-0.15, -0.1) is 0 Å². The average molecular weight is 824 g/mol. The molecule has 0 bridgehead atoms. The number of fused-ring (bicyclic) bond motifs is 2. The minimum Gasteiger partial charge on any atom is -0.464 e. The van der Waals surface area contributed by atoms with Crippen LogP contribution in [0.5, 0.6) is 0 Å². The minimum absolute atomic E-state index is 0.00158. The Balaban J connectivity index is 1.11. The Labute approximate surface area is 345 Å². The van der Waals surface area contributed by atoms with Crippen LogP contribution in [0.15, 0.2) is 87.1 Å². The number of rotatable bonds is 9. The zero-order chi connectivity index (χ0) is 40.1. The number of amides is 3. The smallest absolute Gasteiger partial charge is 0.408 e. The molecule has 5 atom stereocenters. The second-order valence-electron chi connectivity index (χ2n) is 15.8. The maximum Gasteiger partial charge on any atom is 0.408 e. The number of carbonyl (C=O) groups is 4. The van der Waals surface area contributed by atoms with E-state index in [1.165, 1.54) is 32.3 Å². The van der Waals surface area contributed by atoms with Crippen molar-refractivity contribution in [3.63, 3.8) is 0 Å². The second kappa shape index (κ2) is 17.8. The molecule has 58 heavy (non-hydrogen) atoms. The summed E-state index contributed by atoms with van der Waals surface area (Å²) in [5, 5.41) is 18.3. The first-order valence-corrected chi connectivity index (χ1v) is 22.3. The van der Waals surface area contributed by atoms with Gasteiger partial charge >= 0.3 is 12.1 Å². The Bertz CT molecular complexity index is 2170. The lowest BCUT2D eigenvalue weighted by molar-refractivity contribution is -0.150. The summed E-state index contributed by atoms with van der Waals surface area (Å²) in [6.45, 7) is 0.151. The summed E-state index contributed by atoms with van der Waals surface area (Å²) in [5.74, 6) is -1.74. The van der Waals surface area contributed by atoms with Gasteiger partial charge in [-0.05, 0) is 102 Å². The molecular weight excluding hydrogens is 775 g/mol. The van der Waals surface area contributed by atoms with Crippen molar-refractivity contribution in [2.45, 2.75) is 107 Å². The highest BCUT2D eigenvalue weighted by Gasteiger charge is 2.62. The number of hydrogen-bond acceptors (Lipinski definition) is 10. The van der Waals surface area contributed by atoms with Crippen LogP contribution in [0.2, 0.25) is 0 Å². The summed E-state index contributed by atoms with van der Waals surface area (Å²) in [5.41, 5.74) is 2.25. The minimum atomic E-state index is -1.29. The molecule has 3 aromatic heterocycles. The monoisotopic (exact) mass is 823 g/mol. The number of aromatic nitrogens is 2. The number of benzene rings is 1. The van der Waals surface area contributed by atoms with E-state index in [0.717, 1.165) is 61.6 Å². The fraction of sp³-hybridized carbons (Fsp3) is 0.455. The number of esters is 1. The fourth-order valence-electron chi connectivity index (χ4n) is 8.66.